The Morgan fingerprint density at radius 3 is 2.38 bits per heavy atom. The van der Waals surface area contributed by atoms with Gasteiger partial charge in [-0.25, -0.2) is 0 Å². The van der Waals surface area contributed by atoms with E-state index in [4.69, 9.17) is 11.6 Å². The minimum Gasteiger partial charge on any atom is -0.0933 e. The normalized spacial score (nSPS) is 23.1. The molecule has 0 atom stereocenters. The Balaban J connectivity index is 2.24. The summed E-state index contributed by atoms with van der Waals surface area (Å²) >= 11 is 5.40. The molecule has 0 nitrogen and oxygen atoms in total. The molecule has 1 aliphatic carbocycles. The van der Waals surface area contributed by atoms with Gasteiger partial charge in [0, 0.05) is 5.54 Å². The summed E-state index contributed by atoms with van der Waals surface area (Å²) in [5.41, 5.74) is 1.65. The summed E-state index contributed by atoms with van der Waals surface area (Å²) in [4.78, 5) is 0. The number of hydrogen-bond donors (Lipinski definition) is 0. The quantitative estimate of drug-likeness (QED) is 0.512. The van der Waals surface area contributed by atoms with Crippen molar-refractivity contribution in [1.82, 2.24) is 0 Å². The van der Waals surface area contributed by atoms with Gasteiger partial charge in [0.2, 0.25) is 0 Å². The molecule has 1 aliphatic rings. The molecule has 0 amide bonds. The maximum Gasteiger partial charge on any atom is 0.000525 e. The molecule has 0 heterocycles. The Labute approximate surface area is 55.5 Å². The van der Waals surface area contributed by atoms with E-state index < -0.39 is 0 Å². The van der Waals surface area contributed by atoms with E-state index in [1.54, 1.807) is 5.54 Å². The van der Waals surface area contributed by atoms with Crippen LogP contribution in [0.1, 0.15) is 25.7 Å². The van der Waals surface area contributed by atoms with Crippen LogP contribution < -0.4 is 0 Å². The Morgan fingerprint density at radius 1 is 1.25 bits per heavy atom. The van der Waals surface area contributed by atoms with Crippen LogP contribution in [0.15, 0.2) is 11.6 Å². The highest BCUT2D eigenvalue weighted by Gasteiger charge is 2.10. The van der Waals surface area contributed by atoms with Crippen LogP contribution in [0, 0.1) is 5.92 Å². The van der Waals surface area contributed by atoms with Gasteiger partial charge in [0.05, 0.1) is 0 Å². The first-order chi connectivity index (χ1) is 3.93. The number of allylic oxidation sites excluding steroid dienone is 1. The van der Waals surface area contributed by atoms with E-state index in [1.165, 1.54) is 25.7 Å². The SMILES string of the molecule is Cl/C=C\C1CCCC1. The van der Waals surface area contributed by atoms with Gasteiger partial charge in [-0.3, -0.25) is 0 Å². The summed E-state index contributed by atoms with van der Waals surface area (Å²) in [6, 6.07) is 0. The Hall–Kier alpha value is 0.0300. The summed E-state index contributed by atoms with van der Waals surface area (Å²) in [7, 11) is 0. The van der Waals surface area contributed by atoms with Crippen LogP contribution in [0.4, 0.5) is 0 Å². The van der Waals surface area contributed by atoms with Crippen molar-refractivity contribution in [2.24, 2.45) is 5.92 Å². The zero-order valence-corrected chi connectivity index (χ0v) is 5.69. The highest BCUT2D eigenvalue weighted by Crippen LogP contribution is 2.25. The average molecular weight is 131 g/mol. The third-order valence-electron chi connectivity index (χ3n) is 1.74. The molecular formula is C7H11Cl. The minimum atomic E-state index is 0.799. The smallest absolute Gasteiger partial charge is 0.000525 e. The molecule has 0 aromatic heterocycles. The van der Waals surface area contributed by atoms with Gasteiger partial charge in [0.25, 0.3) is 0 Å². The van der Waals surface area contributed by atoms with Crippen molar-refractivity contribution in [3.05, 3.63) is 11.6 Å². The highest BCUT2D eigenvalue weighted by atomic mass is 35.5. The maximum absolute atomic E-state index is 5.40. The highest BCUT2D eigenvalue weighted by molar-refractivity contribution is 6.25. The summed E-state index contributed by atoms with van der Waals surface area (Å²) in [6.45, 7) is 0. The molecule has 1 fully saturated rings. The Bertz CT molecular complexity index is 80.4. The second-order valence-corrected chi connectivity index (χ2v) is 2.61. The number of halogens is 1. The van der Waals surface area contributed by atoms with Crippen molar-refractivity contribution >= 4 is 11.6 Å². The number of rotatable bonds is 1. The van der Waals surface area contributed by atoms with E-state index >= 15 is 0 Å². The summed E-state index contributed by atoms with van der Waals surface area (Å²) in [5.74, 6) is 0.799. The van der Waals surface area contributed by atoms with Crippen LogP contribution in [0.25, 0.3) is 0 Å². The van der Waals surface area contributed by atoms with Gasteiger partial charge in [-0.1, -0.05) is 30.5 Å². The lowest BCUT2D eigenvalue weighted by Crippen LogP contribution is -1.82. The lowest BCUT2D eigenvalue weighted by Gasteiger charge is -1.95. The molecule has 0 N–H and O–H groups in total. The van der Waals surface area contributed by atoms with Crippen LogP contribution in [0.5, 0.6) is 0 Å². The summed E-state index contributed by atoms with van der Waals surface area (Å²) < 4.78 is 0. The first kappa shape index (κ1) is 6.15. The minimum absolute atomic E-state index is 0.799. The van der Waals surface area contributed by atoms with Crippen LogP contribution in [0.3, 0.4) is 0 Å². The first-order valence-electron chi connectivity index (χ1n) is 3.20. The fourth-order valence-corrected chi connectivity index (χ4v) is 1.46. The van der Waals surface area contributed by atoms with Crippen molar-refractivity contribution in [2.75, 3.05) is 0 Å². The molecule has 46 valence electrons. The summed E-state index contributed by atoms with van der Waals surface area (Å²) in [6.07, 6.45) is 7.60. The molecule has 0 bridgehead atoms. The second kappa shape index (κ2) is 3.13. The number of hydrogen-bond acceptors (Lipinski definition) is 0. The molecule has 1 heteroatoms. The predicted octanol–water partition coefficient (Wildman–Crippen LogP) is 2.93. The molecule has 1 rings (SSSR count). The van der Waals surface area contributed by atoms with E-state index in [2.05, 4.69) is 6.08 Å². The fourth-order valence-electron chi connectivity index (χ4n) is 1.25. The molecule has 0 saturated heterocycles. The van der Waals surface area contributed by atoms with Gasteiger partial charge in [0.15, 0.2) is 0 Å². The van der Waals surface area contributed by atoms with Gasteiger partial charge >= 0.3 is 0 Å². The van der Waals surface area contributed by atoms with Crippen LogP contribution in [0.2, 0.25) is 0 Å². The molecule has 0 unspecified atom stereocenters. The van der Waals surface area contributed by atoms with Gasteiger partial charge in [-0.15, -0.1) is 0 Å². The second-order valence-electron chi connectivity index (χ2n) is 2.36. The molecule has 1 saturated carbocycles. The third kappa shape index (κ3) is 1.52. The molecule has 0 aliphatic heterocycles. The zero-order valence-electron chi connectivity index (χ0n) is 4.94. The molecular weight excluding hydrogens is 120 g/mol. The van der Waals surface area contributed by atoms with E-state index in [9.17, 15) is 0 Å². The van der Waals surface area contributed by atoms with E-state index in [0.29, 0.717) is 0 Å². The van der Waals surface area contributed by atoms with Crippen molar-refractivity contribution in [2.45, 2.75) is 25.7 Å². The van der Waals surface area contributed by atoms with Crippen molar-refractivity contribution < 1.29 is 0 Å². The van der Waals surface area contributed by atoms with E-state index in [-0.39, 0.29) is 0 Å². The van der Waals surface area contributed by atoms with Crippen molar-refractivity contribution in [3.63, 3.8) is 0 Å². The fraction of sp³-hybridized carbons (Fsp3) is 0.714. The molecule has 0 spiro atoms. The Kier molecular flexibility index (Phi) is 2.41. The molecule has 0 radical (unpaired) electrons. The largest absolute Gasteiger partial charge is 0.0933 e. The van der Waals surface area contributed by atoms with Gasteiger partial charge in [0.1, 0.15) is 0 Å². The standard InChI is InChI=1S/C7H11Cl/c8-6-5-7-3-1-2-4-7/h5-7H,1-4H2/b6-5-. The van der Waals surface area contributed by atoms with Crippen molar-refractivity contribution in [3.8, 4) is 0 Å². The lowest BCUT2D eigenvalue weighted by atomic mass is 10.1. The van der Waals surface area contributed by atoms with E-state index in [1.807, 2.05) is 0 Å². The maximum atomic E-state index is 5.40. The summed E-state index contributed by atoms with van der Waals surface area (Å²) in [5, 5.41) is 0. The lowest BCUT2D eigenvalue weighted by molar-refractivity contribution is 0.687. The average Bonchev–Trinajstić information content (AvgIpc) is 2.19. The van der Waals surface area contributed by atoms with Gasteiger partial charge < -0.3 is 0 Å². The Morgan fingerprint density at radius 2 is 1.88 bits per heavy atom. The third-order valence-corrected chi connectivity index (χ3v) is 1.89. The van der Waals surface area contributed by atoms with Crippen molar-refractivity contribution in [1.29, 1.82) is 0 Å². The first-order valence-corrected chi connectivity index (χ1v) is 3.64. The molecule has 0 aromatic rings. The van der Waals surface area contributed by atoms with Gasteiger partial charge in [-0.2, -0.15) is 0 Å². The van der Waals surface area contributed by atoms with Crippen LogP contribution >= 0.6 is 11.6 Å². The predicted molar refractivity (Wildman–Crippen MR) is 37.0 cm³/mol. The van der Waals surface area contributed by atoms with E-state index in [0.717, 1.165) is 5.92 Å². The zero-order chi connectivity index (χ0) is 5.82. The van der Waals surface area contributed by atoms with Crippen LogP contribution in [-0.4, -0.2) is 0 Å². The van der Waals surface area contributed by atoms with Gasteiger partial charge in [-0.05, 0) is 18.8 Å². The van der Waals surface area contributed by atoms with Crippen LogP contribution in [-0.2, 0) is 0 Å². The molecule has 0 aromatic carbocycles. The molecule has 8 heavy (non-hydrogen) atoms. The topological polar surface area (TPSA) is 0 Å². The monoisotopic (exact) mass is 130 g/mol.